The Morgan fingerprint density at radius 2 is 1.50 bits per heavy atom. The fourth-order valence-electron chi connectivity index (χ4n) is 3.45. The van der Waals surface area contributed by atoms with Crippen molar-refractivity contribution < 1.29 is 35.5 Å². The van der Waals surface area contributed by atoms with E-state index in [-0.39, 0.29) is 35.4 Å². The van der Waals surface area contributed by atoms with E-state index in [1.807, 2.05) is 0 Å². The van der Waals surface area contributed by atoms with Gasteiger partial charge in [0, 0.05) is 24.1 Å². The molecule has 40 heavy (non-hydrogen) atoms. The number of ketones is 1. The van der Waals surface area contributed by atoms with E-state index in [4.69, 9.17) is 9.88 Å². The van der Waals surface area contributed by atoms with Gasteiger partial charge in [-0.15, -0.1) is 0 Å². The first-order valence-electron chi connectivity index (χ1n) is 11.5. The quantitative estimate of drug-likeness (QED) is 0.211. The van der Waals surface area contributed by atoms with Crippen molar-refractivity contribution in [3.63, 3.8) is 0 Å². The topological polar surface area (TPSA) is 137 Å². The molecule has 1 heterocycles. The molecule has 0 atom stereocenters. The largest absolute Gasteiger partial charge is 0.454 e. The molecule has 1 aromatic heterocycles. The van der Waals surface area contributed by atoms with Crippen LogP contribution in [0.15, 0.2) is 77.7 Å². The number of nitrogens with two attached hydrogens (primary N) is 1. The Labute approximate surface area is 226 Å². The van der Waals surface area contributed by atoms with Crippen molar-refractivity contribution in [1.29, 1.82) is 0 Å². The molecule has 0 aliphatic rings. The Balaban J connectivity index is 1.52. The number of rotatable bonds is 10. The van der Waals surface area contributed by atoms with Crippen molar-refractivity contribution in [3.05, 3.63) is 95.3 Å². The molecule has 0 saturated carbocycles. The minimum atomic E-state index is -4.62. The lowest BCUT2D eigenvalue weighted by atomic mass is 10.0. The number of carbonyl (C=O) groups is 1. The van der Waals surface area contributed by atoms with Crippen molar-refractivity contribution in [3.8, 4) is 17.4 Å². The SMILES string of the molecule is NS(=O)(=O)c1ccc(CC(=O)c2ccc(-c3nc(NCc4ccc(F)cc4)nc(OCC(F)(F)F)n3)cc2)cc1. The zero-order valence-electron chi connectivity index (χ0n) is 20.5. The van der Waals surface area contributed by atoms with Crippen LogP contribution in [-0.4, -0.2) is 41.9 Å². The van der Waals surface area contributed by atoms with Crippen molar-refractivity contribution >= 4 is 21.8 Å². The second kappa shape index (κ2) is 11.8. The number of carbonyl (C=O) groups excluding carboxylic acids is 1. The van der Waals surface area contributed by atoms with Crippen LogP contribution >= 0.6 is 0 Å². The molecule has 3 N–H and O–H groups in total. The Kier molecular flexibility index (Phi) is 8.40. The average molecular weight is 576 g/mol. The first kappa shape index (κ1) is 28.6. The normalized spacial score (nSPS) is 11.7. The van der Waals surface area contributed by atoms with Gasteiger partial charge in [0.2, 0.25) is 16.0 Å². The van der Waals surface area contributed by atoms with Gasteiger partial charge in [-0.3, -0.25) is 4.79 Å². The fraction of sp³-hybridized carbons (Fsp3) is 0.154. The summed E-state index contributed by atoms with van der Waals surface area (Å²) in [4.78, 5) is 24.7. The first-order chi connectivity index (χ1) is 18.9. The van der Waals surface area contributed by atoms with Crippen molar-refractivity contribution in [2.45, 2.75) is 24.0 Å². The minimum absolute atomic E-state index is 0.00800. The van der Waals surface area contributed by atoms with E-state index in [1.165, 1.54) is 72.8 Å². The highest BCUT2D eigenvalue weighted by Gasteiger charge is 2.29. The van der Waals surface area contributed by atoms with Crippen molar-refractivity contribution in [1.82, 2.24) is 15.0 Å². The molecule has 0 unspecified atom stereocenters. The van der Waals surface area contributed by atoms with E-state index in [0.29, 0.717) is 22.3 Å². The number of alkyl halides is 3. The van der Waals surface area contributed by atoms with Gasteiger partial charge < -0.3 is 10.1 Å². The Morgan fingerprint density at radius 1 is 0.875 bits per heavy atom. The van der Waals surface area contributed by atoms with Crippen LogP contribution in [0.4, 0.5) is 23.5 Å². The van der Waals surface area contributed by atoms with E-state index in [2.05, 4.69) is 20.3 Å². The van der Waals surface area contributed by atoms with E-state index >= 15 is 0 Å². The first-order valence-corrected chi connectivity index (χ1v) is 13.1. The number of anilines is 1. The molecule has 208 valence electrons. The number of sulfonamides is 1. The summed E-state index contributed by atoms with van der Waals surface area (Å²) in [5, 5.41) is 7.93. The van der Waals surface area contributed by atoms with Gasteiger partial charge in [0.15, 0.2) is 18.2 Å². The molecule has 0 fully saturated rings. The molecule has 0 amide bonds. The number of ether oxygens (including phenoxy) is 1. The lowest BCUT2D eigenvalue weighted by Gasteiger charge is -2.11. The van der Waals surface area contributed by atoms with Crippen LogP contribution in [0, 0.1) is 5.82 Å². The monoisotopic (exact) mass is 575 g/mol. The number of aromatic nitrogens is 3. The third kappa shape index (κ3) is 8.04. The minimum Gasteiger partial charge on any atom is -0.454 e. The summed E-state index contributed by atoms with van der Waals surface area (Å²) in [6.07, 6.45) is -4.63. The highest BCUT2D eigenvalue weighted by Crippen LogP contribution is 2.23. The Hall–Kier alpha value is -4.43. The number of Topliss-reactive ketones (excluding diaryl/α,β-unsaturated/α-hetero) is 1. The van der Waals surface area contributed by atoms with E-state index < -0.39 is 34.6 Å². The molecule has 0 saturated heterocycles. The fourth-order valence-corrected chi connectivity index (χ4v) is 3.96. The van der Waals surface area contributed by atoms with Gasteiger partial charge in [-0.25, -0.2) is 17.9 Å². The molecule has 0 aliphatic carbocycles. The number of nitrogens with zero attached hydrogens (tertiary/aromatic N) is 3. The molecule has 0 radical (unpaired) electrons. The van der Waals surface area contributed by atoms with E-state index in [1.54, 1.807) is 0 Å². The number of nitrogens with one attached hydrogen (secondary N) is 1. The average Bonchev–Trinajstić information content (AvgIpc) is 2.91. The molecule has 9 nitrogen and oxygen atoms in total. The van der Waals surface area contributed by atoms with Crippen LogP contribution in [0.25, 0.3) is 11.4 Å². The Morgan fingerprint density at radius 3 is 2.10 bits per heavy atom. The number of hydrogen-bond donors (Lipinski definition) is 2. The molecule has 0 bridgehead atoms. The summed E-state index contributed by atoms with van der Waals surface area (Å²) in [6.45, 7) is -1.46. The maximum atomic E-state index is 13.2. The lowest BCUT2D eigenvalue weighted by Crippen LogP contribution is -2.20. The molecule has 0 aliphatic heterocycles. The zero-order valence-corrected chi connectivity index (χ0v) is 21.3. The standard InChI is InChI=1S/C26H21F4N5O4S/c27-20-9-1-17(2-10-20)14-32-24-33-23(34-25(35-24)39-15-26(28,29)30)19-7-5-18(6-8-19)22(36)13-16-3-11-21(12-4-16)40(31,37)38/h1-12H,13-15H2,(H2,31,37,38)(H,32,33,34,35). The number of benzene rings is 3. The lowest BCUT2D eigenvalue weighted by molar-refractivity contribution is -0.154. The second-order valence-electron chi connectivity index (χ2n) is 8.52. The molecule has 14 heteroatoms. The van der Waals surface area contributed by atoms with Gasteiger partial charge in [-0.05, 0) is 35.4 Å². The van der Waals surface area contributed by atoms with Crippen LogP contribution in [0.5, 0.6) is 6.01 Å². The number of halogens is 4. The van der Waals surface area contributed by atoms with Crippen LogP contribution in [0.3, 0.4) is 0 Å². The van der Waals surface area contributed by atoms with Gasteiger partial charge in [0.05, 0.1) is 4.90 Å². The smallest absolute Gasteiger partial charge is 0.422 e. The van der Waals surface area contributed by atoms with Gasteiger partial charge in [0.25, 0.3) is 0 Å². The highest BCUT2D eigenvalue weighted by atomic mass is 32.2. The predicted molar refractivity (Wildman–Crippen MR) is 136 cm³/mol. The molecular weight excluding hydrogens is 554 g/mol. The Bertz CT molecular complexity index is 1600. The third-order valence-electron chi connectivity index (χ3n) is 5.43. The molecule has 3 aromatic carbocycles. The van der Waals surface area contributed by atoms with Gasteiger partial charge in [-0.2, -0.15) is 28.1 Å². The van der Waals surface area contributed by atoms with Crippen molar-refractivity contribution in [2.24, 2.45) is 5.14 Å². The molecule has 0 spiro atoms. The highest BCUT2D eigenvalue weighted by molar-refractivity contribution is 7.89. The van der Waals surface area contributed by atoms with E-state index in [0.717, 1.165) is 0 Å². The molecule has 4 aromatic rings. The summed E-state index contributed by atoms with van der Waals surface area (Å²) < 4.78 is 78.8. The molecule has 4 rings (SSSR count). The zero-order chi connectivity index (χ0) is 28.9. The third-order valence-corrected chi connectivity index (χ3v) is 6.35. The maximum absolute atomic E-state index is 13.2. The van der Waals surface area contributed by atoms with Gasteiger partial charge in [-0.1, -0.05) is 48.5 Å². The number of hydrogen-bond acceptors (Lipinski definition) is 8. The van der Waals surface area contributed by atoms with Crippen LogP contribution in [0.2, 0.25) is 0 Å². The van der Waals surface area contributed by atoms with Gasteiger partial charge in [0.1, 0.15) is 5.82 Å². The summed E-state index contributed by atoms with van der Waals surface area (Å²) in [6, 6.07) is 16.6. The van der Waals surface area contributed by atoms with Gasteiger partial charge >= 0.3 is 12.2 Å². The maximum Gasteiger partial charge on any atom is 0.422 e. The van der Waals surface area contributed by atoms with Crippen LogP contribution < -0.4 is 15.2 Å². The van der Waals surface area contributed by atoms with Crippen LogP contribution in [0.1, 0.15) is 21.5 Å². The van der Waals surface area contributed by atoms with Crippen molar-refractivity contribution in [2.75, 3.05) is 11.9 Å². The van der Waals surface area contributed by atoms with E-state index in [9.17, 15) is 30.8 Å². The summed E-state index contributed by atoms with van der Waals surface area (Å²) in [5.41, 5.74) is 1.94. The summed E-state index contributed by atoms with van der Waals surface area (Å²) in [5.74, 6) is -0.765. The van der Waals surface area contributed by atoms with Crippen LogP contribution in [-0.2, 0) is 23.0 Å². The number of primary sulfonamides is 1. The molecular formula is C26H21F4N5O4S. The summed E-state index contributed by atoms with van der Waals surface area (Å²) in [7, 11) is -3.85. The summed E-state index contributed by atoms with van der Waals surface area (Å²) >= 11 is 0. The predicted octanol–water partition coefficient (Wildman–Crippen LogP) is 4.30. The second-order valence-corrected chi connectivity index (χ2v) is 10.1.